The molecule has 0 saturated heterocycles. The number of halogens is 1. The van der Waals surface area contributed by atoms with E-state index in [0.29, 0.717) is 23.5 Å². The van der Waals surface area contributed by atoms with Gasteiger partial charge in [0.1, 0.15) is 0 Å². The Bertz CT molecular complexity index is 436. The van der Waals surface area contributed by atoms with Crippen molar-refractivity contribution in [2.75, 3.05) is 0 Å². The first-order valence-electron chi connectivity index (χ1n) is 5.05. The first-order chi connectivity index (χ1) is 6.59. The Hall–Kier alpha value is -0.380. The van der Waals surface area contributed by atoms with Crippen LogP contribution in [0.2, 0.25) is 0 Å². The monoisotopic (exact) mass is 254 g/mol. The first-order valence-corrected chi connectivity index (χ1v) is 5.85. The number of carboxylic acid groups (broad SMARTS) is 1. The number of hydrogen-bond acceptors (Lipinski definition) is 2. The quantitative estimate of drug-likeness (QED) is 0.695. The second-order valence-corrected chi connectivity index (χ2v) is 6.84. The summed E-state index contributed by atoms with van der Waals surface area (Å²) in [6, 6.07) is 0. The SMILES string of the molecule is O=C1C2[C@@H]3[C@H]4C5[C@@H]([C@@H]2C53C(=O)O)C14Br. The summed E-state index contributed by atoms with van der Waals surface area (Å²) < 4.78 is -0.255. The fourth-order valence-corrected chi connectivity index (χ4v) is 7.32. The molecule has 8 atom stereocenters. The predicted octanol–water partition coefficient (Wildman–Crippen LogP) is 0.525. The maximum atomic E-state index is 11.9. The molecular formula is C10H7BrO3. The van der Waals surface area contributed by atoms with Crippen molar-refractivity contribution in [3.63, 3.8) is 0 Å². The van der Waals surface area contributed by atoms with Crippen LogP contribution < -0.4 is 0 Å². The normalized spacial score (nSPS) is 78.2. The third-order valence-corrected chi connectivity index (χ3v) is 7.45. The molecule has 0 amide bonds. The van der Waals surface area contributed by atoms with Gasteiger partial charge >= 0.3 is 5.97 Å². The molecule has 0 aliphatic heterocycles. The first kappa shape index (κ1) is 6.99. The van der Waals surface area contributed by atoms with E-state index in [0.717, 1.165) is 0 Å². The van der Waals surface area contributed by atoms with E-state index in [1.54, 1.807) is 0 Å². The van der Waals surface area contributed by atoms with Gasteiger partial charge in [-0.15, -0.1) is 0 Å². The minimum Gasteiger partial charge on any atom is -0.481 e. The summed E-state index contributed by atoms with van der Waals surface area (Å²) in [4.78, 5) is 23.1. The number of carbonyl (C=O) groups excluding carboxylic acids is 1. The van der Waals surface area contributed by atoms with E-state index in [1.807, 2.05) is 0 Å². The van der Waals surface area contributed by atoms with Gasteiger partial charge in [0.15, 0.2) is 5.78 Å². The van der Waals surface area contributed by atoms with E-state index >= 15 is 0 Å². The second-order valence-electron chi connectivity index (χ2n) is 5.53. The van der Waals surface area contributed by atoms with Gasteiger partial charge in [0.2, 0.25) is 0 Å². The average molecular weight is 255 g/mol. The van der Waals surface area contributed by atoms with Crippen molar-refractivity contribution in [3.8, 4) is 0 Å². The van der Waals surface area contributed by atoms with Crippen molar-refractivity contribution >= 4 is 27.7 Å². The van der Waals surface area contributed by atoms with Crippen molar-refractivity contribution < 1.29 is 14.7 Å². The maximum absolute atomic E-state index is 11.9. The highest BCUT2D eigenvalue weighted by Crippen LogP contribution is 3.01. The summed E-state index contributed by atoms with van der Waals surface area (Å²) in [5, 5.41) is 9.23. The summed E-state index contributed by atoms with van der Waals surface area (Å²) in [5.41, 5.74) is -0.427. The predicted molar refractivity (Wildman–Crippen MR) is 47.7 cm³/mol. The van der Waals surface area contributed by atoms with Crippen LogP contribution in [0.4, 0.5) is 0 Å². The van der Waals surface area contributed by atoms with Gasteiger partial charge in [-0.05, 0) is 29.6 Å². The number of ketones is 1. The van der Waals surface area contributed by atoms with E-state index in [2.05, 4.69) is 15.9 Å². The lowest BCUT2D eigenvalue weighted by Crippen LogP contribution is -2.93. The molecular weight excluding hydrogens is 248 g/mol. The number of rotatable bonds is 1. The maximum Gasteiger partial charge on any atom is 0.310 e. The standard InChI is InChI=1S/C10H7BrO3/c11-10-5-2-1(7(10)12)3-6(10)4(5)9(2,3)8(13)14/h1-6H,(H,13,14)/t1?,2-,3-,4?,5-,6+,9?,10?/m1/s1. The van der Waals surface area contributed by atoms with E-state index in [9.17, 15) is 14.7 Å². The lowest BCUT2D eigenvalue weighted by molar-refractivity contribution is -0.420. The molecule has 4 heteroatoms. The molecule has 72 valence electrons. The topological polar surface area (TPSA) is 54.4 Å². The van der Waals surface area contributed by atoms with Crippen LogP contribution in [0, 0.1) is 40.9 Å². The Labute approximate surface area is 88.0 Å². The van der Waals surface area contributed by atoms with Gasteiger partial charge < -0.3 is 5.11 Å². The molecule has 0 spiro atoms. The third-order valence-electron chi connectivity index (χ3n) is 6.00. The largest absolute Gasteiger partial charge is 0.481 e. The molecule has 0 aromatic rings. The van der Waals surface area contributed by atoms with E-state index in [1.165, 1.54) is 0 Å². The van der Waals surface area contributed by atoms with Crippen molar-refractivity contribution in [2.45, 2.75) is 4.32 Å². The molecule has 0 aromatic heterocycles. The molecule has 6 saturated carbocycles. The number of hydrogen-bond donors (Lipinski definition) is 1. The molecule has 6 aliphatic carbocycles. The van der Waals surface area contributed by atoms with Crippen LogP contribution in [-0.2, 0) is 9.59 Å². The van der Waals surface area contributed by atoms with Crippen molar-refractivity contribution in [2.24, 2.45) is 40.9 Å². The van der Waals surface area contributed by atoms with Crippen LogP contribution in [0.1, 0.15) is 0 Å². The molecule has 6 aliphatic rings. The summed E-state index contributed by atoms with van der Waals surface area (Å²) in [7, 11) is 0. The highest BCUT2D eigenvalue weighted by molar-refractivity contribution is 9.10. The van der Waals surface area contributed by atoms with Crippen LogP contribution in [-0.4, -0.2) is 21.2 Å². The van der Waals surface area contributed by atoms with Gasteiger partial charge in [-0.3, -0.25) is 9.59 Å². The van der Waals surface area contributed by atoms with Crippen molar-refractivity contribution in [3.05, 3.63) is 0 Å². The Morgan fingerprint density at radius 1 is 1.21 bits per heavy atom. The number of alkyl halides is 1. The Kier molecular flexibility index (Phi) is 0.670. The summed E-state index contributed by atoms with van der Waals surface area (Å²) in [6.07, 6.45) is 0. The number of Topliss-reactive ketones (excluding diaryl/α,β-unsaturated/α-hetero) is 1. The van der Waals surface area contributed by atoms with Gasteiger partial charge in [0, 0.05) is 5.92 Å². The van der Waals surface area contributed by atoms with Gasteiger partial charge in [-0.25, -0.2) is 0 Å². The molecule has 6 rings (SSSR count). The average Bonchev–Trinajstić information content (AvgIpc) is 2.27. The van der Waals surface area contributed by atoms with Crippen LogP contribution in [0.5, 0.6) is 0 Å². The van der Waals surface area contributed by atoms with Gasteiger partial charge in [-0.2, -0.15) is 0 Å². The Morgan fingerprint density at radius 2 is 1.79 bits per heavy atom. The zero-order valence-corrected chi connectivity index (χ0v) is 8.69. The Morgan fingerprint density at radius 3 is 2.21 bits per heavy atom. The summed E-state index contributed by atoms with van der Waals surface area (Å²) in [5.74, 6) is 1.32. The molecule has 4 unspecified atom stereocenters. The van der Waals surface area contributed by atoms with Crippen LogP contribution in [0.25, 0.3) is 0 Å². The van der Waals surface area contributed by atoms with Crippen LogP contribution in [0.3, 0.4) is 0 Å². The highest BCUT2D eigenvalue weighted by atomic mass is 79.9. The zero-order chi connectivity index (χ0) is 9.62. The van der Waals surface area contributed by atoms with Crippen LogP contribution in [0.15, 0.2) is 0 Å². The Balaban J connectivity index is 1.79. The molecule has 1 N–H and O–H groups in total. The lowest BCUT2D eigenvalue weighted by atomic mass is 9.13. The summed E-state index contributed by atoms with van der Waals surface area (Å²) in [6.45, 7) is 0. The van der Waals surface area contributed by atoms with Gasteiger partial charge in [0.25, 0.3) is 0 Å². The minimum atomic E-state index is -0.634. The molecule has 3 nitrogen and oxygen atoms in total. The van der Waals surface area contributed by atoms with E-state index < -0.39 is 11.4 Å². The van der Waals surface area contributed by atoms with Crippen molar-refractivity contribution in [1.82, 2.24) is 0 Å². The van der Waals surface area contributed by atoms with Crippen molar-refractivity contribution in [1.29, 1.82) is 0 Å². The van der Waals surface area contributed by atoms with Crippen LogP contribution >= 0.6 is 15.9 Å². The lowest BCUT2D eigenvalue weighted by Gasteiger charge is -2.89. The molecule has 6 fully saturated rings. The molecule has 0 radical (unpaired) electrons. The molecule has 2 bridgehead atoms. The zero-order valence-electron chi connectivity index (χ0n) is 7.11. The minimum absolute atomic E-state index is 0.116. The fraction of sp³-hybridized carbons (Fsp3) is 0.800. The molecule has 14 heavy (non-hydrogen) atoms. The van der Waals surface area contributed by atoms with Gasteiger partial charge in [0.05, 0.1) is 9.74 Å². The van der Waals surface area contributed by atoms with Gasteiger partial charge in [-0.1, -0.05) is 15.9 Å². The number of carboxylic acids is 1. The van der Waals surface area contributed by atoms with E-state index in [-0.39, 0.29) is 22.1 Å². The molecule has 0 aromatic carbocycles. The second kappa shape index (κ2) is 1.34. The smallest absolute Gasteiger partial charge is 0.310 e. The summed E-state index contributed by atoms with van der Waals surface area (Å²) >= 11 is 3.59. The fourth-order valence-electron chi connectivity index (χ4n) is 5.92. The van der Waals surface area contributed by atoms with E-state index in [4.69, 9.17) is 0 Å². The molecule has 0 heterocycles. The number of aliphatic carboxylic acids is 1. The third kappa shape index (κ3) is 0.270. The highest BCUT2D eigenvalue weighted by Gasteiger charge is 3.07. The number of carbonyl (C=O) groups is 2.